The van der Waals surface area contributed by atoms with Gasteiger partial charge in [-0.25, -0.2) is 0 Å². The first kappa shape index (κ1) is 18.5. The molecule has 1 aromatic heterocycles. The predicted molar refractivity (Wildman–Crippen MR) is 98.8 cm³/mol. The van der Waals surface area contributed by atoms with Gasteiger partial charge in [0.1, 0.15) is 0 Å². The zero-order valence-corrected chi connectivity index (χ0v) is 15.5. The average molecular weight is 357 g/mol. The van der Waals surface area contributed by atoms with E-state index in [1.54, 1.807) is 4.68 Å². The number of aromatic nitrogens is 4. The monoisotopic (exact) mass is 357 g/mol. The normalized spacial score (nSPS) is 17.2. The van der Waals surface area contributed by atoms with Crippen molar-refractivity contribution in [3.05, 3.63) is 36.2 Å². The fourth-order valence-corrected chi connectivity index (χ4v) is 3.01. The summed E-state index contributed by atoms with van der Waals surface area (Å²) in [4.78, 5) is 16.6. The van der Waals surface area contributed by atoms with E-state index >= 15 is 0 Å². The molecule has 3 rings (SSSR count). The van der Waals surface area contributed by atoms with E-state index in [4.69, 9.17) is 0 Å². The van der Waals surface area contributed by atoms with Gasteiger partial charge in [-0.3, -0.25) is 14.6 Å². The predicted octanol–water partition coefficient (Wildman–Crippen LogP) is 0.695. The number of amides is 1. The number of hydrogen-bond donors (Lipinski definition) is 1. The number of rotatable bonds is 7. The number of para-hydroxylation sites is 1. The molecule has 140 valence electrons. The molecule has 0 aliphatic carbocycles. The first-order valence-corrected chi connectivity index (χ1v) is 9.22. The number of carbonyl (C=O) groups is 1. The number of carbonyl (C=O) groups excluding carboxylic acids is 1. The number of hydrogen-bond acceptors (Lipinski definition) is 6. The van der Waals surface area contributed by atoms with Gasteiger partial charge in [-0.1, -0.05) is 25.1 Å². The van der Waals surface area contributed by atoms with Gasteiger partial charge in [0, 0.05) is 32.2 Å². The van der Waals surface area contributed by atoms with E-state index in [9.17, 15) is 4.79 Å². The minimum absolute atomic E-state index is 0.112. The summed E-state index contributed by atoms with van der Waals surface area (Å²) in [6.07, 6.45) is 0.954. The van der Waals surface area contributed by atoms with Gasteiger partial charge in [0.05, 0.1) is 18.8 Å². The Kier molecular flexibility index (Phi) is 6.30. The maximum absolute atomic E-state index is 12.0. The van der Waals surface area contributed by atoms with Crippen LogP contribution in [0.1, 0.15) is 26.1 Å². The van der Waals surface area contributed by atoms with Gasteiger partial charge in [-0.15, -0.1) is 5.10 Å². The Morgan fingerprint density at radius 1 is 1.15 bits per heavy atom. The molecule has 8 nitrogen and oxygen atoms in total. The number of piperazine rings is 1. The topological polar surface area (TPSA) is 79.2 Å². The minimum atomic E-state index is 0.112. The van der Waals surface area contributed by atoms with E-state index in [-0.39, 0.29) is 11.9 Å². The highest BCUT2D eigenvalue weighted by atomic mass is 16.2. The molecule has 1 unspecified atom stereocenters. The van der Waals surface area contributed by atoms with Gasteiger partial charge in [-0.05, 0) is 35.9 Å². The van der Waals surface area contributed by atoms with Crippen molar-refractivity contribution in [2.75, 3.05) is 32.7 Å². The van der Waals surface area contributed by atoms with Gasteiger partial charge in [0.2, 0.25) is 5.91 Å². The summed E-state index contributed by atoms with van der Waals surface area (Å²) < 4.78 is 1.78. The van der Waals surface area contributed by atoms with Crippen LogP contribution in [0, 0.1) is 0 Å². The molecule has 1 N–H and O–H groups in total. The highest BCUT2D eigenvalue weighted by Crippen LogP contribution is 2.11. The summed E-state index contributed by atoms with van der Waals surface area (Å²) in [5.41, 5.74) is 0.966. The molecule has 0 bridgehead atoms. The van der Waals surface area contributed by atoms with E-state index in [0.717, 1.165) is 44.1 Å². The molecule has 1 fully saturated rings. The SMILES string of the molecule is CCC(C)NC(=O)CN1CCN(Cc2nnnn2-c2ccccc2)CC1. The second-order valence-corrected chi connectivity index (χ2v) is 6.77. The van der Waals surface area contributed by atoms with Crippen molar-refractivity contribution >= 4 is 5.91 Å². The Labute approximate surface area is 154 Å². The molecule has 2 aromatic rings. The third kappa shape index (κ3) is 4.86. The lowest BCUT2D eigenvalue weighted by Crippen LogP contribution is -2.50. The van der Waals surface area contributed by atoms with Crippen LogP contribution in [0.2, 0.25) is 0 Å². The number of tetrazole rings is 1. The lowest BCUT2D eigenvalue weighted by Gasteiger charge is -2.34. The second kappa shape index (κ2) is 8.86. The largest absolute Gasteiger partial charge is 0.353 e. The molecule has 0 radical (unpaired) electrons. The zero-order valence-electron chi connectivity index (χ0n) is 15.5. The summed E-state index contributed by atoms with van der Waals surface area (Å²) in [5.74, 6) is 0.944. The van der Waals surface area contributed by atoms with Crippen LogP contribution in [0.3, 0.4) is 0 Å². The summed E-state index contributed by atoms with van der Waals surface area (Å²) in [7, 11) is 0. The Balaban J connectivity index is 1.49. The fraction of sp³-hybridized carbons (Fsp3) is 0.556. The maximum atomic E-state index is 12.0. The van der Waals surface area contributed by atoms with Crippen molar-refractivity contribution in [1.29, 1.82) is 0 Å². The van der Waals surface area contributed by atoms with Crippen molar-refractivity contribution in [2.45, 2.75) is 32.9 Å². The molecule has 1 aromatic carbocycles. The molecular formula is C18H27N7O. The van der Waals surface area contributed by atoms with Crippen LogP contribution in [0.4, 0.5) is 0 Å². The Morgan fingerprint density at radius 2 is 1.85 bits per heavy atom. The molecule has 26 heavy (non-hydrogen) atoms. The number of benzene rings is 1. The van der Waals surface area contributed by atoms with Gasteiger partial charge < -0.3 is 5.32 Å². The molecule has 1 saturated heterocycles. The summed E-state index contributed by atoms with van der Waals surface area (Å²) in [5, 5.41) is 15.1. The lowest BCUT2D eigenvalue weighted by molar-refractivity contribution is -0.123. The quantitative estimate of drug-likeness (QED) is 0.786. The van der Waals surface area contributed by atoms with Crippen LogP contribution in [-0.2, 0) is 11.3 Å². The highest BCUT2D eigenvalue weighted by molar-refractivity contribution is 5.78. The lowest BCUT2D eigenvalue weighted by atomic mass is 10.2. The van der Waals surface area contributed by atoms with Crippen molar-refractivity contribution in [3.63, 3.8) is 0 Å². The summed E-state index contributed by atoms with van der Waals surface area (Å²) in [6.45, 7) is 8.84. The third-order valence-electron chi connectivity index (χ3n) is 4.75. The van der Waals surface area contributed by atoms with E-state index < -0.39 is 0 Å². The Hall–Kier alpha value is -2.32. The standard InChI is InChI=1S/C18H27N7O/c1-3-15(2)19-18(26)14-24-11-9-23(10-12-24)13-17-20-21-22-25(17)16-7-5-4-6-8-16/h4-8,15H,3,9-14H2,1-2H3,(H,19,26). The van der Waals surface area contributed by atoms with Crippen molar-refractivity contribution in [3.8, 4) is 5.69 Å². The smallest absolute Gasteiger partial charge is 0.234 e. The second-order valence-electron chi connectivity index (χ2n) is 6.77. The van der Waals surface area contributed by atoms with Crippen molar-refractivity contribution < 1.29 is 4.79 Å². The van der Waals surface area contributed by atoms with Crippen LogP contribution in [0.5, 0.6) is 0 Å². The minimum Gasteiger partial charge on any atom is -0.353 e. The Morgan fingerprint density at radius 3 is 2.54 bits per heavy atom. The van der Waals surface area contributed by atoms with E-state index in [1.165, 1.54) is 0 Å². The average Bonchev–Trinajstić information content (AvgIpc) is 3.12. The van der Waals surface area contributed by atoms with Crippen molar-refractivity contribution in [1.82, 2.24) is 35.3 Å². The third-order valence-corrected chi connectivity index (χ3v) is 4.75. The van der Waals surface area contributed by atoms with Crippen LogP contribution in [0.25, 0.3) is 5.69 Å². The first-order valence-electron chi connectivity index (χ1n) is 9.22. The van der Waals surface area contributed by atoms with Gasteiger partial charge in [-0.2, -0.15) is 4.68 Å². The molecule has 2 heterocycles. The van der Waals surface area contributed by atoms with Gasteiger partial charge >= 0.3 is 0 Å². The van der Waals surface area contributed by atoms with Crippen LogP contribution in [-0.4, -0.2) is 74.7 Å². The maximum Gasteiger partial charge on any atom is 0.234 e. The first-order chi connectivity index (χ1) is 12.7. The molecule has 0 spiro atoms. The molecular weight excluding hydrogens is 330 g/mol. The number of nitrogens with one attached hydrogen (secondary N) is 1. The van der Waals surface area contributed by atoms with E-state index in [1.807, 2.05) is 37.3 Å². The van der Waals surface area contributed by atoms with Crippen molar-refractivity contribution in [2.24, 2.45) is 0 Å². The van der Waals surface area contributed by atoms with Gasteiger partial charge in [0.15, 0.2) is 5.82 Å². The van der Waals surface area contributed by atoms with Gasteiger partial charge in [0.25, 0.3) is 0 Å². The zero-order chi connectivity index (χ0) is 18.4. The molecule has 0 saturated carbocycles. The Bertz CT molecular complexity index is 695. The molecule has 1 aliphatic rings. The highest BCUT2D eigenvalue weighted by Gasteiger charge is 2.21. The van der Waals surface area contributed by atoms with Crippen LogP contribution < -0.4 is 5.32 Å². The summed E-state index contributed by atoms with van der Waals surface area (Å²) in [6, 6.07) is 10.2. The fourth-order valence-electron chi connectivity index (χ4n) is 3.01. The van der Waals surface area contributed by atoms with E-state index in [2.05, 4.69) is 37.6 Å². The molecule has 8 heteroatoms. The molecule has 1 amide bonds. The molecule has 1 atom stereocenters. The summed E-state index contributed by atoms with van der Waals surface area (Å²) >= 11 is 0. The molecule has 1 aliphatic heterocycles. The van der Waals surface area contributed by atoms with E-state index in [0.29, 0.717) is 13.1 Å². The van der Waals surface area contributed by atoms with Crippen LogP contribution in [0.15, 0.2) is 30.3 Å². The number of nitrogens with zero attached hydrogens (tertiary/aromatic N) is 6. The van der Waals surface area contributed by atoms with Crippen LogP contribution >= 0.6 is 0 Å².